The third-order valence-electron chi connectivity index (χ3n) is 4.46. The first-order valence-electron chi connectivity index (χ1n) is 8.95. The molecule has 2 atom stereocenters. The molecule has 0 aromatic heterocycles. The molecule has 0 bridgehead atoms. The number of benzene rings is 2. The van der Waals surface area contributed by atoms with Gasteiger partial charge in [-0.25, -0.2) is 8.78 Å². The van der Waals surface area contributed by atoms with Crippen molar-refractivity contribution in [2.24, 2.45) is 0 Å². The molecular weight excluding hydrogens is 503 g/mol. The second kappa shape index (κ2) is 9.29. The predicted octanol–water partition coefficient (Wildman–Crippen LogP) is 4.13. The van der Waals surface area contributed by atoms with Crippen molar-refractivity contribution in [2.75, 3.05) is 13.1 Å². The molecule has 2 N–H and O–H groups in total. The first kappa shape index (κ1) is 21.8. The highest BCUT2D eigenvalue weighted by Crippen LogP contribution is 2.46. The van der Waals surface area contributed by atoms with E-state index in [0.29, 0.717) is 12.0 Å². The van der Waals surface area contributed by atoms with Gasteiger partial charge in [0.1, 0.15) is 12.4 Å². The first-order valence-corrected chi connectivity index (χ1v) is 10.0. The van der Waals surface area contributed by atoms with Crippen molar-refractivity contribution in [3.8, 4) is 5.75 Å². The summed E-state index contributed by atoms with van der Waals surface area (Å²) in [6.45, 7) is -0.783. The Kier molecular flexibility index (Phi) is 6.99. The van der Waals surface area contributed by atoms with Gasteiger partial charge in [-0.15, -0.1) is 0 Å². The van der Waals surface area contributed by atoms with Gasteiger partial charge in [-0.3, -0.25) is 4.79 Å². The Morgan fingerprint density at radius 3 is 2.62 bits per heavy atom. The second-order valence-corrected chi connectivity index (χ2v) is 8.38. The summed E-state index contributed by atoms with van der Waals surface area (Å²) in [4.78, 5) is 11.6. The van der Waals surface area contributed by atoms with E-state index in [4.69, 9.17) is 4.74 Å². The van der Waals surface area contributed by atoms with E-state index in [-0.39, 0.29) is 30.9 Å². The van der Waals surface area contributed by atoms with E-state index in [0.717, 1.165) is 34.2 Å². The summed E-state index contributed by atoms with van der Waals surface area (Å²) in [6.07, 6.45) is 0.556. The molecule has 3 rings (SSSR count). The van der Waals surface area contributed by atoms with Gasteiger partial charge in [-0.05, 0) is 18.1 Å². The first-order chi connectivity index (χ1) is 13.7. The van der Waals surface area contributed by atoms with E-state index in [1.807, 2.05) is 30.3 Å². The molecule has 9 heteroatoms. The number of alkyl halides is 3. The van der Waals surface area contributed by atoms with Crippen LogP contribution in [0.2, 0.25) is 0 Å². The average molecular weight is 522 g/mol. The summed E-state index contributed by atoms with van der Waals surface area (Å²) in [5.41, 5.74) is 1.23. The second-order valence-electron chi connectivity index (χ2n) is 6.80. The van der Waals surface area contributed by atoms with Crippen molar-refractivity contribution in [1.82, 2.24) is 10.6 Å². The number of carbonyl (C=O) groups is 1. The van der Waals surface area contributed by atoms with Crippen LogP contribution in [0.4, 0.5) is 17.6 Å². The molecule has 1 aliphatic carbocycles. The monoisotopic (exact) mass is 522 g/mol. The minimum Gasteiger partial charge on any atom is -0.486 e. The zero-order valence-corrected chi connectivity index (χ0v) is 17.4. The average Bonchev–Trinajstić information content (AvgIpc) is 3.43. The van der Waals surface area contributed by atoms with Crippen LogP contribution in [0, 0.1) is 11.6 Å². The molecule has 0 saturated heterocycles. The van der Waals surface area contributed by atoms with Gasteiger partial charge in [-0.2, -0.15) is 8.78 Å². The van der Waals surface area contributed by atoms with E-state index < -0.39 is 28.0 Å². The lowest BCUT2D eigenvalue weighted by atomic mass is 10.1. The number of carbonyl (C=O) groups excluding carboxylic acids is 1. The van der Waals surface area contributed by atoms with Crippen molar-refractivity contribution in [1.29, 1.82) is 0 Å². The van der Waals surface area contributed by atoms with Gasteiger partial charge in [0.2, 0.25) is 5.91 Å². The Morgan fingerprint density at radius 2 is 1.93 bits per heavy atom. The topological polar surface area (TPSA) is 50.4 Å². The summed E-state index contributed by atoms with van der Waals surface area (Å²) in [5.74, 6) is -2.32. The Bertz CT molecular complexity index is 862. The maximum absolute atomic E-state index is 14.3. The van der Waals surface area contributed by atoms with Crippen LogP contribution < -0.4 is 15.4 Å². The molecule has 0 radical (unpaired) electrons. The molecule has 1 saturated carbocycles. The third kappa shape index (κ3) is 6.56. The van der Waals surface area contributed by atoms with Gasteiger partial charge in [-0.1, -0.05) is 30.3 Å². The SMILES string of the molecule is O=C(CNC1CC1c1cc(F)cc(F)c1OCc1ccccc1)NCC(F)(F)I. The van der Waals surface area contributed by atoms with E-state index in [2.05, 4.69) is 10.6 Å². The summed E-state index contributed by atoms with van der Waals surface area (Å²) in [6, 6.07) is 11.0. The quantitative estimate of drug-likeness (QED) is 0.296. The molecule has 2 aromatic carbocycles. The normalized spacial score (nSPS) is 18.4. The molecule has 4 nitrogen and oxygen atoms in total. The molecule has 2 aromatic rings. The maximum atomic E-state index is 14.3. The molecule has 0 heterocycles. The van der Waals surface area contributed by atoms with Crippen LogP contribution in [0.25, 0.3) is 0 Å². The molecule has 29 heavy (non-hydrogen) atoms. The number of amides is 1. The molecule has 2 unspecified atom stereocenters. The fraction of sp³-hybridized carbons (Fsp3) is 0.350. The third-order valence-corrected chi connectivity index (χ3v) is 4.85. The van der Waals surface area contributed by atoms with Crippen LogP contribution in [0.3, 0.4) is 0 Å². The van der Waals surface area contributed by atoms with Crippen LogP contribution in [-0.2, 0) is 11.4 Å². The van der Waals surface area contributed by atoms with Crippen molar-refractivity contribution in [2.45, 2.75) is 28.9 Å². The Morgan fingerprint density at radius 1 is 1.21 bits per heavy atom. The van der Waals surface area contributed by atoms with Crippen LogP contribution in [-0.4, -0.2) is 29.0 Å². The number of hydrogen-bond acceptors (Lipinski definition) is 3. The highest BCUT2D eigenvalue weighted by Gasteiger charge is 2.41. The fourth-order valence-electron chi connectivity index (χ4n) is 2.99. The zero-order chi connectivity index (χ0) is 21.0. The van der Waals surface area contributed by atoms with Gasteiger partial charge < -0.3 is 15.4 Å². The number of halogens is 5. The molecule has 1 fully saturated rings. The molecule has 1 amide bonds. The van der Waals surface area contributed by atoms with Gasteiger partial charge >= 0.3 is 3.93 Å². The van der Waals surface area contributed by atoms with Gasteiger partial charge in [0.05, 0.1) is 13.1 Å². The Labute approximate surface area is 179 Å². The minimum absolute atomic E-state index is 0.0152. The van der Waals surface area contributed by atoms with Crippen molar-refractivity contribution < 1.29 is 27.1 Å². The fourth-order valence-corrected chi connectivity index (χ4v) is 3.18. The maximum Gasteiger partial charge on any atom is 0.313 e. The molecular formula is C20H19F4IN2O2. The summed E-state index contributed by atoms with van der Waals surface area (Å²) < 4.78 is 56.2. The van der Waals surface area contributed by atoms with Gasteiger partial charge in [0.25, 0.3) is 0 Å². The summed E-state index contributed by atoms with van der Waals surface area (Å²) >= 11 is 0.943. The molecule has 0 aliphatic heterocycles. The van der Waals surface area contributed by atoms with Crippen LogP contribution in [0.5, 0.6) is 5.75 Å². The summed E-state index contributed by atoms with van der Waals surface area (Å²) in [5, 5.41) is 5.05. The van der Waals surface area contributed by atoms with Crippen molar-refractivity contribution in [3.05, 3.63) is 65.2 Å². The van der Waals surface area contributed by atoms with E-state index in [1.54, 1.807) is 0 Å². The minimum atomic E-state index is -3.01. The molecule has 156 valence electrons. The molecule has 1 aliphatic rings. The number of rotatable bonds is 9. The molecule has 0 spiro atoms. The number of nitrogens with one attached hydrogen (secondary N) is 2. The highest BCUT2D eigenvalue weighted by molar-refractivity contribution is 14.1. The Balaban J connectivity index is 1.60. The number of ether oxygens (including phenoxy) is 1. The standard InChI is InChI=1S/C20H19F4IN2O2/c21-13-6-15(14-8-17(14)26-9-18(28)27-11-20(23,24)25)19(16(22)7-13)29-10-12-4-2-1-3-5-12/h1-7,14,17,26H,8-11H2,(H,27,28). The van der Waals surface area contributed by atoms with Crippen LogP contribution in [0.15, 0.2) is 42.5 Å². The Hall–Kier alpha value is -1.88. The van der Waals surface area contributed by atoms with Gasteiger partial charge in [0.15, 0.2) is 11.6 Å². The van der Waals surface area contributed by atoms with Gasteiger partial charge in [0, 0.05) is 46.2 Å². The smallest absolute Gasteiger partial charge is 0.313 e. The lowest BCUT2D eigenvalue weighted by Gasteiger charge is -2.14. The predicted molar refractivity (Wildman–Crippen MR) is 108 cm³/mol. The highest BCUT2D eigenvalue weighted by atomic mass is 127. The van der Waals surface area contributed by atoms with Crippen molar-refractivity contribution in [3.63, 3.8) is 0 Å². The van der Waals surface area contributed by atoms with Crippen LogP contribution in [0.1, 0.15) is 23.5 Å². The lowest BCUT2D eigenvalue weighted by Crippen LogP contribution is -2.39. The van der Waals surface area contributed by atoms with Crippen molar-refractivity contribution >= 4 is 28.5 Å². The van der Waals surface area contributed by atoms with Crippen LogP contribution >= 0.6 is 22.6 Å². The largest absolute Gasteiger partial charge is 0.486 e. The summed E-state index contributed by atoms with van der Waals surface area (Å²) in [7, 11) is 0. The lowest BCUT2D eigenvalue weighted by molar-refractivity contribution is -0.121. The zero-order valence-electron chi connectivity index (χ0n) is 15.2. The van der Waals surface area contributed by atoms with E-state index in [9.17, 15) is 22.4 Å². The van der Waals surface area contributed by atoms with E-state index in [1.165, 1.54) is 6.07 Å². The number of hydrogen-bond donors (Lipinski definition) is 2. The van der Waals surface area contributed by atoms with E-state index >= 15 is 0 Å².